The number of hydrogen-bond acceptors (Lipinski definition) is 4. The third-order valence-electron chi connectivity index (χ3n) is 2.66. The molecular formula is C16H16Cl2N2O2Pd2. The van der Waals surface area contributed by atoms with Crippen LogP contribution in [0.1, 0.15) is 13.8 Å². The van der Waals surface area contributed by atoms with Crippen LogP contribution in [0.5, 0.6) is 0 Å². The Bertz CT molecular complexity index is 516. The van der Waals surface area contributed by atoms with Crippen LogP contribution < -0.4 is 0 Å². The molecule has 0 heterocycles. The quantitative estimate of drug-likeness (QED) is 0.237. The fourth-order valence-electron chi connectivity index (χ4n) is 1.46. The summed E-state index contributed by atoms with van der Waals surface area (Å²) >= 11 is 4.44. The molecule has 136 valence electrons. The van der Waals surface area contributed by atoms with Crippen LogP contribution in [0.2, 0.25) is 0 Å². The molecule has 0 atom stereocenters. The van der Waals surface area contributed by atoms with Crippen molar-refractivity contribution in [3.05, 3.63) is 93.8 Å². The van der Waals surface area contributed by atoms with Gasteiger partial charge in [-0.05, 0) is 0 Å². The third-order valence-corrected chi connectivity index (χ3v) is 2.66. The number of nitrogens with zero attached hydrogens (tertiary/aromatic N) is 2. The third kappa shape index (κ3) is 11.8. The maximum atomic E-state index is 10.0. The molecule has 0 amide bonds. The number of rotatable bonds is 2. The fourth-order valence-corrected chi connectivity index (χ4v) is 1.46. The van der Waals surface area contributed by atoms with Crippen molar-refractivity contribution in [1.82, 2.24) is 0 Å². The van der Waals surface area contributed by atoms with Gasteiger partial charge in [0.1, 0.15) is 0 Å². The summed E-state index contributed by atoms with van der Waals surface area (Å²) in [6.07, 6.45) is 18.8. The molecule has 0 unspecified atom stereocenters. The van der Waals surface area contributed by atoms with Crippen LogP contribution in [0.25, 0.3) is 0 Å². The van der Waals surface area contributed by atoms with Crippen LogP contribution in [0, 0.1) is 22.7 Å². The Kier molecular flexibility index (Phi) is 19.8. The van der Waals surface area contributed by atoms with Crippen molar-refractivity contribution in [3.8, 4) is 0 Å². The zero-order valence-electron chi connectivity index (χ0n) is 12.9. The first-order chi connectivity index (χ1) is 11.7. The van der Waals surface area contributed by atoms with Gasteiger partial charge in [0.05, 0.1) is 0 Å². The van der Waals surface area contributed by atoms with Gasteiger partial charge in [-0.1, -0.05) is 24.2 Å². The number of hydrogen-bond donors (Lipinski definition) is 0. The van der Waals surface area contributed by atoms with Gasteiger partial charge < -0.3 is 0 Å². The van der Waals surface area contributed by atoms with Gasteiger partial charge >= 0.3 is 55.4 Å². The van der Waals surface area contributed by atoms with Crippen molar-refractivity contribution < 1.29 is 36.4 Å². The Morgan fingerprint density at radius 1 is 0.792 bits per heavy atom. The second kappa shape index (κ2) is 18.6. The molecule has 0 spiro atoms. The molecule has 0 aromatic carbocycles. The molecule has 0 saturated heterocycles. The Balaban J connectivity index is 0. The van der Waals surface area contributed by atoms with Gasteiger partial charge in [-0.3, -0.25) is 0 Å². The molecule has 24 heavy (non-hydrogen) atoms. The van der Waals surface area contributed by atoms with Crippen LogP contribution >= 0.6 is 19.1 Å². The van der Waals surface area contributed by atoms with E-state index in [1.54, 1.807) is 13.8 Å². The molecular weight excluding hydrogens is 536 g/mol. The number of halogens is 2. The molecule has 0 saturated carbocycles. The molecule has 0 aromatic heterocycles. The van der Waals surface area contributed by atoms with Crippen LogP contribution in [0.4, 0.5) is 0 Å². The van der Waals surface area contributed by atoms with Gasteiger partial charge in [-0.15, -0.1) is 72.6 Å². The summed E-state index contributed by atoms with van der Waals surface area (Å²) in [5, 5.41) is 5.65. The van der Waals surface area contributed by atoms with E-state index < -0.39 is 0 Å². The normalized spacial score (nSPS) is 17.3. The summed E-state index contributed by atoms with van der Waals surface area (Å²) in [4.78, 5) is 20.0. The van der Waals surface area contributed by atoms with Crippen LogP contribution in [-0.2, 0) is 36.4 Å². The Morgan fingerprint density at radius 3 is 1.33 bits per heavy atom. The van der Waals surface area contributed by atoms with Crippen molar-refractivity contribution in [3.63, 3.8) is 0 Å². The number of allylic oxidation sites excluding steroid dienone is 12. The van der Waals surface area contributed by atoms with Crippen LogP contribution in [0.15, 0.2) is 81.5 Å². The van der Waals surface area contributed by atoms with Crippen molar-refractivity contribution >= 4 is 19.1 Å². The minimum atomic E-state index is 0.528. The van der Waals surface area contributed by atoms with E-state index in [1.807, 2.05) is 61.4 Å². The van der Waals surface area contributed by atoms with E-state index in [0.717, 1.165) is 11.1 Å². The monoisotopic (exact) mass is 550 g/mol. The van der Waals surface area contributed by atoms with Crippen LogP contribution in [0.3, 0.4) is 0 Å². The van der Waals surface area contributed by atoms with E-state index in [4.69, 9.17) is 0 Å². The molecule has 2 aliphatic rings. The van der Waals surface area contributed by atoms with Crippen molar-refractivity contribution in [2.75, 3.05) is 0 Å². The Morgan fingerprint density at radius 2 is 1.12 bits per heavy atom. The summed E-state index contributed by atoms with van der Waals surface area (Å²) in [5.74, 6) is 0. The van der Waals surface area contributed by atoms with Crippen molar-refractivity contribution in [1.29, 1.82) is 0 Å². The zero-order chi connectivity index (χ0) is 18.8. The predicted molar refractivity (Wildman–Crippen MR) is 93.9 cm³/mol. The first kappa shape index (κ1) is 25.5. The van der Waals surface area contributed by atoms with E-state index >= 15 is 0 Å². The van der Waals surface area contributed by atoms with E-state index in [1.165, 1.54) is 0 Å². The standard InChI is InChI=1S/2C8H8NO.2ClH.2Pd/c2*1-7(9-10)8-5-3-2-4-6-8;;;;/h2*2-6H,1H3;2*1H;;/q2*-1;;;2*+2/p-2. The number of nitroso groups, excluding NO2 is 2. The van der Waals surface area contributed by atoms with Gasteiger partial charge in [0.2, 0.25) is 0 Å². The SMILES string of the molecule is C/C(N=O)=C1\C=CC=C[CH-]1.C/C(N=O)=C1\C=CC=C[CH-]1.[Cl][Pd+].[Cl][Pd+]. The zero-order valence-corrected chi connectivity index (χ0v) is 17.5. The van der Waals surface area contributed by atoms with E-state index in [-0.39, 0.29) is 0 Å². The molecule has 0 fully saturated rings. The summed E-state index contributed by atoms with van der Waals surface area (Å²) in [7, 11) is 8.98. The van der Waals surface area contributed by atoms with Crippen molar-refractivity contribution in [2.45, 2.75) is 13.8 Å². The van der Waals surface area contributed by atoms with Gasteiger partial charge in [0, 0.05) is 11.4 Å². The molecule has 2 rings (SSSR count). The Labute approximate surface area is 172 Å². The molecule has 0 N–H and O–H groups in total. The minimum absolute atomic E-state index is 0.528. The first-order valence-electron chi connectivity index (χ1n) is 6.37. The second-order valence-corrected chi connectivity index (χ2v) is 4.09. The van der Waals surface area contributed by atoms with Crippen molar-refractivity contribution in [2.24, 2.45) is 10.4 Å². The molecule has 8 heteroatoms. The molecule has 0 aromatic rings. The van der Waals surface area contributed by atoms with Gasteiger partial charge in [0.15, 0.2) is 0 Å². The average molecular weight is 552 g/mol. The molecule has 4 nitrogen and oxygen atoms in total. The van der Waals surface area contributed by atoms with E-state index in [2.05, 4.69) is 65.8 Å². The topological polar surface area (TPSA) is 58.9 Å². The fraction of sp³-hybridized carbons (Fsp3) is 0.125. The summed E-state index contributed by atoms with van der Waals surface area (Å²) in [6, 6.07) is 0. The summed E-state index contributed by atoms with van der Waals surface area (Å²) < 4.78 is 0. The predicted octanol–water partition coefficient (Wildman–Crippen LogP) is 6.09. The first-order valence-corrected chi connectivity index (χ1v) is 10.4. The van der Waals surface area contributed by atoms with E-state index in [9.17, 15) is 9.81 Å². The summed E-state index contributed by atoms with van der Waals surface area (Å²) in [6.45, 7) is 3.39. The average Bonchev–Trinajstić information content (AvgIpc) is 2.71. The molecule has 0 bridgehead atoms. The van der Waals surface area contributed by atoms with Crippen LogP contribution in [-0.4, -0.2) is 0 Å². The van der Waals surface area contributed by atoms with E-state index in [0.29, 0.717) is 11.4 Å². The molecule has 2 aliphatic carbocycles. The van der Waals surface area contributed by atoms with Gasteiger partial charge in [-0.25, -0.2) is 0 Å². The van der Waals surface area contributed by atoms with Gasteiger partial charge in [-0.2, -0.15) is 9.81 Å². The maximum absolute atomic E-state index is 10.0. The Hall–Kier alpha value is -0.715. The molecule has 0 aliphatic heterocycles. The molecule has 0 radical (unpaired) electrons. The van der Waals surface area contributed by atoms with Gasteiger partial charge in [0.25, 0.3) is 0 Å². The summed E-state index contributed by atoms with van der Waals surface area (Å²) in [5.41, 5.74) is 2.83. The second-order valence-electron chi connectivity index (χ2n) is 4.09.